The van der Waals surface area contributed by atoms with Gasteiger partial charge in [0.15, 0.2) is 0 Å². The number of anilines is 2. The van der Waals surface area contributed by atoms with Crippen molar-refractivity contribution in [3.8, 4) is 0 Å². The minimum absolute atomic E-state index is 0.0685. The summed E-state index contributed by atoms with van der Waals surface area (Å²) in [7, 11) is 0. The van der Waals surface area contributed by atoms with Gasteiger partial charge in [0.1, 0.15) is 6.04 Å². The summed E-state index contributed by atoms with van der Waals surface area (Å²) in [5.41, 5.74) is 5.01. The predicted molar refractivity (Wildman–Crippen MR) is 133 cm³/mol. The molecule has 3 aliphatic rings. The highest BCUT2D eigenvalue weighted by Crippen LogP contribution is 2.50. The Morgan fingerprint density at radius 1 is 0.941 bits per heavy atom. The van der Waals surface area contributed by atoms with E-state index in [9.17, 15) is 9.59 Å². The lowest BCUT2D eigenvalue weighted by molar-refractivity contribution is -0.138. The molecule has 5 nitrogen and oxygen atoms in total. The molecule has 0 aliphatic carbocycles. The van der Waals surface area contributed by atoms with E-state index in [1.165, 1.54) is 0 Å². The number of benzene rings is 3. The van der Waals surface area contributed by atoms with Crippen LogP contribution in [0.5, 0.6) is 0 Å². The molecule has 1 unspecified atom stereocenters. The Hall–Kier alpha value is -3.77. The van der Waals surface area contributed by atoms with Crippen molar-refractivity contribution in [3.05, 3.63) is 95.7 Å². The number of carbonyl (C=O) groups excluding carboxylic acids is 2. The van der Waals surface area contributed by atoms with Gasteiger partial charge in [-0.05, 0) is 42.8 Å². The van der Waals surface area contributed by atoms with Crippen LogP contribution in [0.1, 0.15) is 24.5 Å². The zero-order valence-electron chi connectivity index (χ0n) is 18.6. The van der Waals surface area contributed by atoms with Gasteiger partial charge >= 0.3 is 5.97 Å². The number of ether oxygens (including phenoxy) is 1. The molecule has 3 heterocycles. The number of para-hydroxylation sites is 2. The lowest BCUT2D eigenvalue weighted by Crippen LogP contribution is -2.43. The summed E-state index contributed by atoms with van der Waals surface area (Å²) in [5, 5.41) is 0. The van der Waals surface area contributed by atoms with Crippen LogP contribution in [-0.4, -0.2) is 29.4 Å². The first-order chi connectivity index (χ1) is 16.7. The van der Waals surface area contributed by atoms with Crippen molar-refractivity contribution < 1.29 is 14.3 Å². The van der Waals surface area contributed by atoms with Crippen molar-refractivity contribution >= 4 is 46.8 Å². The number of amides is 1. The molecule has 3 aromatic rings. The van der Waals surface area contributed by atoms with Crippen molar-refractivity contribution in [2.75, 3.05) is 11.5 Å². The molecule has 3 aliphatic heterocycles. The summed E-state index contributed by atoms with van der Waals surface area (Å²) in [6.07, 6.45) is 4.21. The van der Waals surface area contributed by atoms with Crippen LogP contribution in [-0.2, 0) is 14.3 Å². The van der Waals surface area contributed by atoms with Gasteiger partial charge in [-0.25, -0.2) is 4.79 Å². The molecule has 0 saturated carbocycles. The number of hydrogen-bond donors (Lipinski definition) is 0. The Balaban J connectivity index is 1.46. The van der Waals surface area contributed by atoms with Gasteiger partial charge in [0, 0.05) is 28.0 Å². The van der Waals surface area contributed by atoms with Gasteiger partial charge in [0.05, 0.1) is 29.3 Å². The SMILES string of the molecule is CCOC(=O)C1=C2c3ccccc3C=CN2C(C(=O)N2c3ccccc3Sc3ccccc32)C1. The average molecular weight is 467 g/mol. The topological polar surface area (TPSA) is 49.9 Å². The smallest absolute Gasteiger partial charge is 0.336 e. The Labute approximate surface area is 202 Å². The van der Waals surface area contributed by atoms with E-state index in [0.29, 0.717) is 12.0 Å². The highest BCUT2D eigenvalue weighted by molar-refractivity contribution is 7.99. The summed E-state index contributed by atoms with van der Waals surface area (Å²) in [4.78, 5) is 33.1. The highest BCUT2D eigenvalue weighted by Gasteiger charge is 2.44. The van der Waals surface area contributed by atoms with E-state index in [2.05, 4.69) is 0 Å². The van der Waals surface area contributed by atoms with Crippen LogP contribution in [0.4, 0.5) is 11.4 Å². The van der Waals surface area contributed by atoms with E-state index in [0.717, 1.165) is 38.0 Å². The van der Waals surface area contributed by atoms with Crippen molar-refractivity contribution in [2.24, 2.45) is 0 Å². The molecule has 0 fully saturated rings. The zero-order valence-corrected chi connectivity index (χ0v) is 19.4. The number of rotatable bonds is 3. The van der Waals surface area contributed by atoms with E-state index < -0.39 is 6.04 Å². The molecular formula is C28H22N2O3S. The Morgan fingerprint density at radius 2 is 1.59 bits per heavy atom. The lowest BCUT2D eigenvalue weighted by Gasteiger charge is -2.36. The van der Waals surface area contributed by atoms with Crippen LogP contribution in [0.15, 0.2) is 94.4 Å². The second kappa shape index (κ2) is 8.22. The first-order valence-electron chi connectivity index (χ1n) is 11.3. The molecule has 0 spiro atoms. The van der Waals surface area contributed by atoms with Gasteiger partial charge in [-0.3, -0.25) is 9.69 Å². The number of fused-ring (bicyclic) bond motifs is 5. The number of esters is 1. The summed E-state index contributed by atoms with van der Waals surface area (Å²) in [5.74, 6) is -0.432. The van der Waals surface area contributed by atoms with E-state index in [-0.39, 0.29) is 18.5 Å². The summed E-state index contributed by atoms with van der Waals surface area (Å²) in [6.45, 7) is 2.09. The van der Waals surface area contributed by atoms with Gasteiger partial charge in [-0.1, -0.05) is 60.3 Å². The largest absolute Gasteiger partial charge is 0.463 e. The minimum Gasteiger partial charge on any atom is -0.463 e. The molecule has 0 N–H and O–H groups in total. The van der Waals surface area contributed by atoms with Crippen molar-refractivity contribution in [1.29, 1.82) is 0 Å². The van der Waals surface area contributed by atoms with E-state index in [1.807, 2.05) is 94.9 Å². The number of hydrogen-bond acceptors (Lipinski definition) is 5. The maximum atomic E-state index is 14.3. The molecule has 1 atom stereocenters. The standard InChI is InChI=1S/C28H22N2O3S/c1-2-33-28(32)20-17-23(29-16-15-18-9-3-4-10-19(18)26(20)29)27(31)30-21-11-5-7-13-24(21)34-25-14-8-6-12-22(25)30/h3-16,23H,2,17H2,1H3. The summed E-state index contributed by atoms with van der Waals surface area (Å²) >= 11 is 1.67. The van der Waals surface area contributed by atoms with Gasteiger partial charge in [0.25, 0.3) is 5.91 Å². The molecule has 0 bridgehead atoms. The minimum atomic E-state index is -0.553. The third-order valence-electron chi connectivity index (χ3n) is 6.37. The molecular weight excluding hydrogens is 444 g/mol. The first-order valence-corrected chi connectivity index (χ1v) is 12.1. The molecule has 34 heavy (non-hydrogen) atoms. The predicted octanol–water partition coefficient (Wildman–Crippen LogP) is 5.85. The molecule has 6 heteroatoms. The molecule has 0 aromatic heterocycles. The highest BCUT2D eigenvalue weighted by atomic mass is 32.2. The van der Waals surface area contributed by atoms with E-state index in [1.54, 1.807) is 18.7 Å². The molecule has 6 rings (SSSR count). The van der Waals surface area contributed by atoms with Crippen LogP contribution >= 0.6 is 11.8 Å². The van der Waals surface area contributed by atoms with Crippen LogP contribution in [0.3, 0.4) is 0 Å². The molecule has 168 valence electrons. The first kappa shape index (κ1) is 20.8. The molecule has 3 aromatic carbocycles. The van der Waals surface area contributed by atoms with Crippen LogP contribution < -0.4 is 4.90 Å². The number of nitrogens with zero attached hydrogens (tertiary/aromatic N) is 2. The third kappa shape index (κ3) is 3.17. The summed E-state index contributed by atoms with van der Waals surface area (Å²) < 4.78 is 5.40. The average Bonchev–Trinajstić information content (AvgIpc) is 3.27. The monoisotopic (exact) mass is 466 g/mol. The molecule has 0 radical (unpaired) electrons. The van der Waals surface area contributed by atoms with Gasteiger partial charge in [-0.2, -0.15) is 0 Å². The fourth-order valence-electron chi connectivity index (χ4n) is 4.89. The maximum Gasteiger partial charge on any atom is 0.336 e. The van der Waals surface area contributed by atoms with Gasteiger partial charge < -0.3 is 9.64 Å². The van der Waals surface area contributed by atoms with Crippen molar-refractivity contribution in [3.63, 3.8) is 0 Å². The molecule has 0 saturated heterocycles. The Morgan fingerprint density at radius 3 is 2.29 bits per heavy atom. The third-order valence-corrected chi connectivity index (χ3v) is 7.50. The zero-order chi connectivity index (χ0) is 23.2. The van der Waals surface area contributed by atoms with E-state index >= 15 is 0 Å². The number of carbonyl (C=O) groups is 2. The Kier molecular flexibility index (Phi) is 5.03. The quantitative estimate of drug-likeness (QED) is 0.453. The van der Waals surface area contributed by atoms with E-state index in [4.69, 9.17) is 4.74 Å². The van der Waals surface area contributed by atoms with Crippen LogP contribution in [0, 0.1) is 0 Å². The van der Waals surface area contributed by atoms with Gasteiger partial charge in [-0.15, -0.1) is 0 Å². The maximum absolute atomic E-state index is 14.3. The van der Waals surface area contributed by atoms with Crippen molar-refractivity contribution in [2.45, 2.75) is 29.2 Å². The lowest BCUT2D eigenvalue weighted by atomic mass is 9.99. The second-order valence-corrected chi connectivity index (χ2v) is 9.37. The normalized spacial score (nSPS) is 17.6. The van der Waals surface area contributed by atoms with Gasteiger partial charge in [0.2, 0.25) is 0 Å². The molecule has 1 amide bonds. The van der Waals surface area contributed by atoms with Crippen molar-refractivity contribution in [1.82, 2.24) is 4.90 Å². The Bertz CT molecular complexity index is 1350. The fourth-order valence-corrected chi connectivity index (χ4v) is 5.95. The fraction of sp³-hybridized carbons (Fsp3) is 0.143. The van der Waals surface area contributed by atoms with Crippen LogP contribution in [0.2, 0.25) is 0 Å². The summed E-state index contributed by atoms with van der Waals surface area (Å²) in [6, 6.07) is 23.3. The second-order valence-electron chi connectivity index (χ2n) is 8.29. The van der Waals surface area contributed by atoms with Crippen LogP contribution in [0.25, 0.3) is 11.8 Å².